The molecule has 2 aromatic rings. The summed E-state index contributed by atoms with van der Waals surface area (Å²) in [4.78, 5) is 19.7. The van der Waals surface area contributed by atoms with Crippen molar-refractivity contribution in [1.82, 2.24) is 0 Å². The van der Waals surface area contributed by atoms with Crippen molar-refractivity contribution in [3.05, 3.63) is 53.6 Å². The number of amidine groups is 1. The lowest BCUT2D eigenvalue weighted by molar-refractivity contribution is 0.100. The van der Waals surface area contributed by atoms with Gasteiger partial charge in [-0.3, -0.25) is 9.79 Å². The van der Waals surface area contributed by atoms with E-state index < -0.39 is 0 Å². The highest BCUT2D eigenvalue weighted by atomic mass is 32.2. The van der Waals surface area contributed by atoms with E-state index in [0.29, 0.717) is 17.1 Å². The van der Waals surface area contributed by atoms with Crippen LogP contribution in [0.4, 0.5) is 5.69 Å². The molecule has 0 radical (unpaired) electrons. The fourth-order valence-electron chi connectivity index (χ4n) is 3.04. The van der Waals surface area contributed by atoms with Crippen LogP contribution in [-0.2, 0) is 6.42 Å². The molecule has 0 atom stereocenters. The van der Waals surface area contributed by atoms with Crippen LogP contribution in [0.25, 0.3) is 0 Å². The third-order valence-electron chi connectivity index (χ3n) is 4.68. The number of aryl methyl sites for hydroxylation is 1. The summed E-state index contributed by atoms with van der Waals surface area (Å²) in [6.07, 6.45) is 2.06. The van der Waals surface area contributed by atoms with Crippen LogP contribution in [0.1, 0.15) is 29.3 Å². The van der Waals surface area contributed by atoms with E-state index in [9.17, 15) is 4.79 Å². The van der Waals surface area contributed by atoms with Gasteiger partial charge in [-0.25, -0.2) is 0 Å². The summed E-state index contributed by atoms with van der Waals surface area (Å²) < 4.78 is 10.6. The standard InChI is InChI=1S/C22H26N2O3S/c1-4-16-6-9-18(10-7-16)24(22-23-12-5-13-28-22)15-19(25)17-8-11-20(26-2)21(14-17)27-3/h6-11,14H,4-5,12-13,15H2,1-3H3. The molecule has 0 saturated heterocycles. The molecule has 3 rings (SSSR count). The van der Waals surface area contributed by atoms with Crippen molar-refractivity contribution in [3.63, 3.8) is 0 Å². The Hall–Kier alpha value is -2.47. The van der Waals surface area contributed by atoms with Gasteiger partial charge in [0.15, 0.2) is 22.4 Å². The molecular formula is C22H26N2O3S. The molecule has 1 aliphatic rings. The van der Waals surface area contributed by atoms with Gasteiger partial charge >= 0.3 is 0 Å². The van der Waals surface area contributed by atoms with Gasteiger partial charge in [0.05, 0.1) is 20.8 Å². The molecule has 0 spiro atoms. The predicted octanol–water partition coefficient (Wildman–Crippen LogP) is 4.45. The number of anilines is 1. The molecule has 148 valence electrons. The van der Waals surface area contributed by atoms with Crippen LogP contribution < -0.4 is 14.4 Å². The Morgan fingerprint density at radius 2 is 1.86 bits per heavy atom. The number of aliphatic imine (C=N–C) groups is 1. The Kier molecular flexibility index (Phi) is 6.98. The van der Waals surface area contributed by atoms with Crippen LogP contribution >= 0.6 is 11.8 Å². The third-order valence-corrected chi connectivity index (χ3v) is 5.78. The minimum atomic E-state index is 0.00870. The summed E-state index contributed by atoms with van der Waals surface area (Å²) in [6.45, 7) is 3.16. The quantitative estimate of drug-likeness (QED) is 0.645. The molecule has 0 aromatic heterocycles. The summed E-state index contributed by atoms with van der Waals surface area (Å²) in [5, 5.41) is 0.907. The lowest BCUT2D eigenvalue weighted by atomic mass is 10.1. The fourth-order valence-corrected chi connectivity index (χ4v) is 4.00. The monoisotopic (exact) mass is 398 g/mol. The second-order valence-electron chi connectivity index (χ2n) is 6.47. The minimum Gasteiger partial charge on any atom is -0.493 e. The molecule has 5 nitrogen and oxygen atoms in total. The van der Waals surface area contributed by atoms with Crippen molar-refractivity contribution in [2.24, 2.45) is 4.99 Å². The highest BCUT2D eigenvalue weighted by molar-refractivity contribution is 8.14. The lowest BCUT2D eigenvalue weighted by Crippen LogP contribution is -2.35. The highest BCUT2D eigenvalue weighted by Gasteiger charge is 2.21. The van der Waals surface area contributed by atoms with Crippen LogP contribution in [0.15, 0.2) is 47.5 Å². The number of rotatable bonds is 7. The molecule has 0 unspecified atom stereocenters. The van der Waals surface area contributed by atoms with Crippen LogP contribution in [0.3, 0.4) is 0 Å². The zero-order chi connectivity index (χ0) is 19.9. The number of benzene rings is 2. The van der Waals surface area contributed by atoms with Crippen molar-refractivity contribution in [1.29, 1.82) is 0 Å². The molecule has 1 aliphatic heterocycles. The number of carbonyl (C=O) groups excluding carboxylic acids is 1. The number of carbonyl (C=O) groups is 1. The van der Waals surface area contributed by atoms with Gasteiger partial charge in [-0.2, -0.15) is 0 Å². The molecule has 2 aromatic carbocycles. The zero-order valence-electron chi connectivity index (χ0n) is 16.6. The van der Waals surface area contributed by atoms with E-state index in [0.717, 1.165) is 36.0 Å². The molecule has 0 saturated carbocycles. The Morgan fingerprint density at radius 1 is 1.11 bits per heavy atom. The SMILES string of the molecule is CCc1ccc(N(CC(=O)c2ccc(OC)c(OC)c2)C2=NCCCS2)cc1. The van der Waals surface area contributed by atoms with Crippen LogP contribution in [0, 0.1) is 0 Å². The average Bonchev–Trinajstić information content (AvgIpc) is 2.77. The van der Waals surface area contributed by atoms with E-state index in [1.807, 2.05) is 4.90 Å². The summed E-state index contributed by atoms with van der Waals surface area (Å²) in [5.74, 6) is 2.19. The molecule has 0 bridgehead atoms. The van der Waals surface area contributed by atoms with Crippen molar-refractivity contribution in [2.45, 2.75) is 19.8 Å². The maximum atomic E-state index is 13.1. The molecule has 0 fully saturated rings. The summed E-state index contributed by atoms with van der Waals surface area (Å²) >= 11 is 1.71. The third kappa shape index (κ3) is 4.68. The van der Waals surface area contributed by atoms with Crippen LogP contribution in [-0.4, -0.2) is 44.0 Å². The van der Waals surface area contributed by atoms with Gasteiger partial charge in [-0.05, 0) is 48.7 Å². The number of hydrogen-bond acceptors (Lipinski definition) is 6. The summed E-state index contributed by atoms with van der Waals surface area (Å²) in [6, 6.07) is 13.6. The first-order valence-electron chi connectivity index (χ1n) is 9.45. The molecule has 6 heteroatoms. The van der Waals surface area contributed by atoms with Gasteiger partial charge in [0, 0.05) is 23.5 Å². The van der Waals surface area contributed by atoms with Crippen molar-refractivity contribution >= 4 is 28.4 Å². The van der Waals surface area contributed by atoms with E-state index in [1.54, 1.807) is 44.2 Å². The van der Waals surface area contributed by atoms with E-state index in [4.69, 9.17) is 9.47 Å². The summed E-state index contributed by atoms with van der Waals surface area (Å²) in [7, 11) is 3.15. The minimum absolute atomic E-state index is 0.00870. The van der Waals surface area contributed by atoms with Gasteiger partial charge in [-0.15, -0.1) is 0 Å². The fraction of sp³-hybridized carbons (Fsp3) is 0.364. The van der Waals surface area contributed by atoms with Gasteiger partial charge in [0.25, 0.3) is 0 Å². The smallest absolute Gasteiger partial charge is 0.182 e. The Bertz CT molecular complexity index is 849. The van der Waals surface area contributed by atoms with Gasteiger partial charge < -0.3 is 14.4 Å². The van der Waals surface area contributed by atoms with Crippen molar-refractivity contribution in [2.75, 3.05) is 38.0 Å². The average molecular weight is 399 g/mol. The molecule has 0 amide bonds. The van der Waals surface area contributed by atoms with Crippen LogP contribution in [0.5, 0.6) is 11.5 Å². The molecule has 28 heavy (non-hydrogen) atoms. The second kappa shape index (κ2) is 9.64. The molecule has 1 heterocycles. The Labute approximate surface area is 170 Å². The topological polar surface area (TPSA) is 51.1 Å². The van der Waals surface area contributed by atoms with Gasteiger partial charge in [0.1, 0.15) is 0 Å². The first kappa shape index (κ1) is 20.3. The van der Waals surface area contributed by atoms with Crippen molar-refractivity contribution < 1.29 is 14.3 Å². The predicted molar refractivity (Wildman–Crippen MR) is 116 cm³/mol. The number of ketones is 1. The number of ether oxygens (including phenoxy) is 2. The Morgan fingerprint density at radius 3 is 2.46 bits per heavy atom. The number of methoxy groups -OCH3 is 2. The van der Waals surface area contributed by atoms with E-state index in [-0.39, 0.29) is 12.3 Å². The van der Waals surface area contributed by atoms with Crippen LogP contribution in [0.2, 0.25) is 0 Å². The van der Waals surface area contributed by atoms with E-state index in [1.165, 1.54) is 5.56 Å². The normalized spacial score (nSPS) is 13.6. The second-order valence-corrected chi connectivity index (χ2v) is 7.53. The Balaban J connectivity index is 1.88. The van der Waals surface area contributed by atoms with Gasteiger partial charge in [0.2, 0.25) is 0 Å². The maximum Gasteiger partial charge on any atom is 0.182 e. The zero-order valence-corrected chi connectivity index (χ0v) is 17.4. The van der Waals surface area contributed by atoms with Crippen molar-refractivity contribution in [3.8, 4) is 11.5 Å². The lowest BCUT2D eigenvalue weighted by Gasteiger charge is -2.27. The maximum absolute atomic E-state index is 13.1. The highest BCUT2D eigenvalue weighted by Crippen LogP contribution is 2.29. The number of nitrogens with zero attached hydrogens (tertiary/aromatic N) is 2. The van der Waals surface area contributed by atoms with E-state index >= 15 is 0 Å². The molecular weight excluding hydrogens is 372 g/mol. The number of thioether (sulfide) groups is 1. The molecule has 0 aliphatic carbocycles. The van der Waals surface area contributed by atoms with E-state index in [2.05, 4.69) is 36.2 Å². The largest absolute Gasteiger partial charge is 0.493 e. The number of Topliss-reactive ketones (excluding diaryl/α,β-unsaturated/α-hetero) is 1. The molecule has 0 N–H and O–H groups in total. The first-order chi connectivity index (χ1) is 13.7. The first-order valence-corrected chi connectivity index (χ1v) is 10.4. The number of hydrogen-bond donors (Lipinski definition) is 0. The van der Waals surface area contributed by atoms with Gasteiger partial charge in [-0.1, -0.05) is 30.8 Å². The summed E-state index contributed by atoms with van der Waals surface area (Å²) in [5.41, 5.74) is 2.85.